The number of nitrogens with one attached hydrogen (secondary N) is 1. The molecule has 2 aromatic carbocycles. The lowest BCUT2D eigenvalue weighted by Gasteiger charge is -2.08. The summed E-state index contributed by atoms with van der Waals surface area (Å²) in [5.74, 6) is -1.53. The van der Waals surface area contributed by atoms with Crippen molar-refractivity contribution in [3.8, 4) is 0 Å². The lowest BCUT2D eigenvalue weighted by atomic mass is 10.2. The van der Waals surface area contributed by atoms with Gasteiger partial charge in [0.05, 0.1) is 10.5 Å². The molecule has 8 heteroatoms. The van der Waals surface area contributed by atoms with Gasteiger partial charge in [-0.1, -0.05) is 22.0 Å². The first-order chi connectivity index (χ1) is 9.90. The number of carbonyl (C=O) groups is 1. The Morgan fingerprint density at radius 2 is 1.95 bits per heavy atom. The van der Waals surface area contributed by atoms with Crippen LogP contribution < -0.4 is 5.32 Å². The molecule has 1 amide bonds. The molecule has 21 heavy (non-hydrogen) atoms. The monoisotopic (exact) mass is 416 g/mol. The second kappa shape index (κ2) is 6.31. The van der Waals surface area contributed by atoms with Crippen LogP contribution in [0.15, 0.2) is 45.3 Å². The molecule has 0 fully saturated rings. The van der Waals surface area contributed by atoms with Gasteiger partial charge in [0, 0.05) is 15.0 Å². The van der Waals surface area contributed by atoms with Crippen LogP contribution in [0.25, 0.3) is 0 Å². The quantitative estimate of drug-likeness (QED) is 0.589. The number of halogens is 3. The summed E-state index contributed by atoms with van der Waals surface area (Å²) in [5, 5.41) is 13.1. The lowest BCUT2D eigenvalue weighted by Crippen LogP contribution is -2.15. The van der Waals surface area contributed by atoms with Crippen molar-refractivity contribution >= 4 is 49.1 Å². The summed E-state index contributed by atoms with van der Waals surface area (Å²) >= 11 is 6.42. The Labute approximate surface area is 135 Å². The van der Waals surface area contributed by atoms with E-state index >= 15 is 0 Å². The van der Waals surface area contributed by atoms with Crippen molar-refractivity contribution in [1.29, 1.82) is 0 Å². The summed E-state index contributed by atoms with van der Waals surface area (Å²) < 4.78 is 14.9. The number of amides is 1. The number of nitro groups is 1. The molecule has 108 valence electrons. The fourth-order valence-electron chi connectivity index (χ4n) is 1.64. The van der Waals surface area contributed by atoms with Crippen molar-refractivity contribution < 1.29 is 14.1 Å². The van der Waals surface area contributed by atoms with E-state index < -0.39 is 28.0 Å². The highest BCUT2D eigenvalue weighted by Crippen LogP contribution is 2.29. The highest BCUT2D eigenvalue weighted by molar-refractivity contribution is 9.11. The minimum Gasteiger partial charge on any atom is -0.314 e. The third-order valence-corrected chi connectivity index (χ3v) is 3.78. The van der Waals surface area contributed by atoms with Crippen LogP contribution in [0.3, 0.4) is 0 Å². The fourth-order valence-corrected chi connectivity index (χ4v) is 2.43. The third-order valence-electron chi connectivity index (χ3n) is 2.60. The Hall–Kier alpha value is -1.80. The van der Waals surface area contributed by atoms with Gasteiger partial charge in [0.15, 0.2) is 11.5 Å². The van der Waals surface area contributed by atoms with Crippen molar-refractivity contribution in [3.63, 3.8) is 0 Å². The molecule has 2 rings (SSSR count). The number of para-hydroxylation sites is 1. The van der Waals surface area contributed by atoms with Crippen LogP contribution in [0, 0.1) is 15.9 Å². The minimum atomic E-state index is -0.872. The summed E-state index contributed by atoms with van der Waals surface area (Å²) in [6, 6.07) is 8.23. The molecule has 5 nitrogen and oxygen atoms in total. The zero-order valence-electron chi connectivity index (χ0n) is 10.3. The van der Waals surface area contributed by atoms with Gasteiger partial charge in [-0.2, -0.15) is 0 Å². The fraction of sp³-hybridized carbons (Fsp3) is 0. The van der Waals surface area contributed by atoms with Crippen molar-refractivity contribution in [2.75, 3.05) is 5.32 Å². The molecular weight excluding hydrogens is 411 g/mol. The van der Waals surface area contributed by atoms with Gasteiger partial charge in [-0.3, -0.25) is 14.9 Å². The Morgan fingerprint density at radius 3 is 2.62 bits per heavy atom. The normalized spacial score (nSPS) is 10.2. The number of benzene rings is 2. The Morgan fingerprint density at radius 1 is 1.24 bits per heavy atom. The molecular formula is C13H7Br2FN2O3. The Kier molecular flexibility index (Phi) is 4.69. The van der Waals surface area contributed by atoms with Crippen LogP contribution in [0.4, 0.5) is 15.8 Å². The zero-order chi connectivity index (χ0) is 15.6. The van der Waals surface area contributed by atoms with Crippen LogP contribution in [0.2, 0.25) is 0 Å². The molecule has 0 aromatic heterocycles. The first-order valence-corrected chi connectivity index (χ1v) is 7.18. The second-order valence-electron chi connectivity index (χ2n) is 3.97. The topological polar surface area (TPSA) is 72.2 Å². The predicted molar refractivity (Wildman–Crippen MR) is 82.8 cm³/mol. The second-order valence-corrected chi connectivity index (χ2v) is 5.74. The largest absolute Gasteiger partial charge is 0.314 e. The molecule has 0 radical (unpaired) electrons. The number of nitrogens with zero attached hydrogens (tertiary/aromatic N) is 1. The van der Waals surface area contributed by atoms with Crippen molar-refractivity contribution in [1.82, 2.24) is 0 Å². The summed E-state index contributed by atoms with van der Waals surface area (Å²) in [5.41, 5.74) is -0.740. The standard InChI is InChI=1S/C13H7Br2FN2O3/c14-7-4-5-9(15)8(6-7)13(19)17-12-10(16)2-1-3-11(12)18(20)21/h1-6H,(H,17,19). The number of hydrogen-bond donors (Lipinski definition) is 1. The molecule has 1 N–H and O–H groups in total. The van der Waals surface area contributed by atoms with Gasteiger partial charge in [0.1, 0.15) is 0 Å². The molecule has 0 atom stereocenters. The van der Waals surface area contributed by atoms with E-state index in [-0.39, 0.29) is 5.56 Å². The van der Waals surface area contributed by atoms with E-state index in [1.165, 1.54) is 12.1 Å². The molecule has 0 bridgehead atoms. The van der Waals surface area contributed by atoms with Gasteiger partial charge in [-0.15, -0.1) is 0 Å². The molecule has 0 saturated carbocycles. The molecule has 0 aliphatic heterocycles. The van der Waals surface area contributed by atoms with E-state index in [4.69, 9.17) is 0 Å². The van der Waals surface area contributed by atoms with Crippen LogP contribution in [0.5, 0.6) is 0 Å². The summed E-state index contributed by atoms with van der Waals surface area (Å²) in [6.07, 6.45) is 0. The number of carbonyl (C=O) groups excluding carboxylic acids is 1. The maximum Gasteiger partial charge on any atom is 0.295 e. The van der Waals surface area contributed by atoms with Gasteiger partial charge < -0.3 is 5.32 Å². The number of rotatable bonds is 3. The average molecular weight is 418 g/mol. The van der Waals surface area contributed by atoms with Crippen molar-refractivity contribution in [2.45, 2.75) is 0 Å². The summed E-state index contributed by atoms with van der Waals surface area (Å²) in [6.45, 7) is 0. The summed E-state index contributed by atoms with van der Waals surface area (Å²) in [7, 11) is 0. The van der Waals surface area contributed by atoms with Crippen molar-refractivity contribution in [2.24, 2.45) is 0 Å². The van der Waals surface area contributed by atoms with Gasteiger partial charge >= 0.3 is 0 Å². The lowest BCUT2D eigenvalue weighted by molar-refractivity contribution is -0.384. The Balaban J connectivity index is 2.41. The first-order valence-electron chi connectivity index (χ1n) is 5.59. The smallest absolute Gasteiger partial charge is 0.295 e. The van der Waals surface area contributed by atoms with E-state index in [0.717, 1.165) is 12.1 Å². The highest BCUT2D eigenvalue weighted by atomic mass is 79.9. The van der Waals surface area contributed by atoms with Crippen LogP contribution >= 0.6 is 31.9 Å². The van der Waals surface area contributed by atoms with Crippen LogP contribution in [-0.2, 0) is 0 Å². The molecule has 0 aliphatic rings. The highest BCUT2D eigenvalue weighted by Gasteiger charge is 2.21. The maximum absolute atomic E-state index is 13.7. The SMILES string of the molecule is O=C(Nc1c(F)cccc1[N+](=O)[O-])c1cc(Br)ccc1Br. The van der Waals surface area contributed by atoms with E-state index in [1.807, 2.05) is 0 Å². The molecule has 0 saturated heterocycles. The number of anilines is 1. The van der Waals surface area contributed by atoms with E-state index in [0.29, 0.717) is 8.95 Å². The van der Waals surface area contributed by atoms with Gasteiger partial charge in [-0.25, -0.2) is 4.39 Å². The maximum atomic E-state index is 13.7. The Bertz CT molecular complexity index is 737. The van der Waals surface area contributed by atoms with Crippen LogP contribution in [0.1, 0.15) is 10.4 Å². The first kappa shape index (κ1) is 15.6. The minimum absolute atomic E-state index is 0.224. The van der Waals surface area contributed by atoms with E-state index in [9.17, 15) is 19.3 Å². The number of nitro benzene ring substituents is 1. The van der Waals surface area contributed by atoms with Crippen molar-refractivity contribution in [3.05, 3.63) is 66.8 Å². The molecule has 0 unspecified atom stereocenters. The predicted octanol–water partition coefficient (Wildman–Crippen LogP) is 4.51. The summed E-state index contributed by atoms with van der Waals surface area (Å²) in [4.78, 5) is 22.3. The molecule has 0 heterocycles. The van der Waals surface area contributed by atoms with Crippen LogP contribution in [-0.4, -0.2) is 10.8 Å². The van der Waals surface area contributed by atoms with E-state index in [2.05, 4.69) is 37.2 Å². The van der Waals surface area contributed by atoms with E-state index in [1.54, 1.807) is 12.1 Å². The average Bonchev–Trinajstić information content (AvgIpc) is 2.43. The molecule has 0 spiro atoms. The van der Waals surface area contributed by atoms with Gasteiger partial charge in [0.2, 0.25) is 0 Å². The number of hydrogen-bond acceptors (Lipinski definition) is 3. The zero-order valence-corrected chi connectivity index (χ0v) is 13.4. The molecule has 2 aromatic rings. The molecule has 0 aliphatic carbocycles. The third kappa shape index (κ3) is 3.45. The van der Waals surface area contributed by atoms with Gasteiger partial charge in [-0.05, 0) is 40.2 Å². The van der Waals surface area contributed by atoms with Gasteiger partial charge in [0.25, 0.3) is 11.6 Å².